The van der Waals surface area contributed by atoms with Crippen LogP contribution < -0.4 is 15.4 Å². The highest BCUT2D eigenvalue weighted by molar-refractivity contribution is 5.79. The van der Waals surface area contributed by atoms with E-state index in [1.54, 1.807) is 6.20 Å². The Morgan fingerprint density at radius 3 is 2.52 bits per heavy atom. The van der Waals surface area contributed by atoms with E-state index in [1.807, 2.05) is 63.2 Å². The Morgan fingerprint density at radius 1 is 1.15 bits per heavy atom. The predicted molar refractivity (Wildman–Crippen MR) is 109 cm³/mol. The Kier molecular flexibility index (Phi) is 8.58. The van der Waals surface area contributed by atoms with Crippen LogP contribution in [-0.4, -0.2) is 41.9 Å². The molecule has 1 aromatic carbocycles. The van der Waals surface area contributed by atoms with E-state index >= 15 is 0 Å². The van der Waals surface area contributed by atoms with E-state index in [-0.39, 0.29) is 18.6 Å². The van der Waals surface area contributed by atoms with Crippen LogP contribution in [0.15, 0.2) is 53.7 Å². The molecule has 2 aromatic rings. The van der Waals surface area contributed by atoms with Crippen LogP contribution in [0.25, 0.3) is 0 Å². The first-order chi connectivity index (χ1) is 13.1. The van der Waals surface area contributed by atoms with E-state index in [2.05, 4.69) is 20.6 Å². The monoisotopic (exact) mass is 370 g/mol. The lowest BCUT2D eigenvalue weighted by Gasteiger charge is -2.18. The maximum atomic E-state index is 9.70. The van der Waals surface area contributed by atoms with Gasteiger partial charge in [0, 0.05) is 31.3 Å². The smallest absolute Gasteiger partial charge is 0.213 e. The topological polar surface area (TPSA) is 78.8 Å². The van der Waals surface area contributed by atoms with Crippen molar-refractivity contribution in [3.05, 3.63) is 59.8 Å². The number of benzene rings is 1. The molecule has 0 aliphatic carbocycles. The Hall–Kier alpha value is -2.60. The molecular formula is C21H30N4O2. The first kappa shape index (κ1) is 20.7. The van der Waals surface area contributed by atoms with Crippen LogP contribution >= 0.6 is 0 Å². The van der Waals surface area contributed by atoms with Gasteiger partial charge >= 0.3 is 0 Å². The van der Waals surface area contributed by atoms with Gasteiger partial charge in [-0.3, -0.25) is 0 Å². The molecule has 1 unspecified atom stereocenters. The molecule has 0 fully saturated rings. The molecule has 0 amide bonds. The fourth-order valence-corrected chi connectivity index (χ4v) is 2.56. The minimum absolute atomic E-state index is 0.0178. The van der Waals surface area contributed by atoms with E-state index < -0.39 is 0 Å². The molecule has 0 saturated carbocycles. The summed E-state index contributed by atoms with van der Waals surface area (Å²) in [7, 11) is 0. The number of ether oxygens (including phenoxy) is 1. The van der Waals surface area contributed by atoms with E-state index in [0.717, 1.165) is 23.6 Å². The van der Waals surface area contributed by atoms with Gasteiger partial charge in [-0.25, -0.2) is 9.98 Å². The number of hydrogen-bond acceptors (Lipinski definition) is 4. The molecule has 6 heteroatoms. The highest BCUT2D eigenvalue weighted by Crippen LogP contribution is 2.13. The van der Waals surface area contributed by atoms with Crippen molar-refractivity contribution in [3.63, 3.8) is 0 Å². The molecule has 0 aliphatic heterocycles. The molecular weight excluding hydrogens is 340 g/mol. The van der Waals surface area contributed by atoms with Crippen molar-refractivity contribution < 1.29 is 9.84 Å². The number of aromatic nitrogens is 1. The standard InChI is InChI=1S/C21H30N4O2/c1-4-22-21(25-14-19(15-26)18-8-6-5-7-9-18)24-13-17-10-11-20(23-12-17)27-16(2)3/h5-12,16,19,26H,4,13-15H2,1-3H3,(H2,22,24,25). The third kappa shape index (κ3) is 7.27. The average Bonchev–Trinajstić information content (AvgIpc) is 2.68. The Balaban J connectivity index is 1.95. The van der Waals surface area contributed by atoms with Crippen LogP contribution in [0.5, 0.6) is 5.88 Å². The molecule has 1 aromatic heterocycles. The Morgan fingerprint density at radius 2 is 1.93 bits per heavy atom. The minimum atomic E-state index is 0.0178. The van der Waals surface area contributed by atoms with Crippen molar-refractivity contribution in [2.75, 3.05) is 19.7 Å². The summed E-state index contributed by atoms with van der Waals surface area (Å²) in [5.41, 5.74) is 2.11. The minimum Gasteiger partial charge on any atom is -0.475 e. The summed E-state index contributed by atoms with van der Waals surface area (Å²) >= 11 is 0. The second-order valence-electron chi connectivity index (χ2n) is 6.54. The van der Waals surface area contributed by atoms with Crippen molar-refractivity contribution in [1.82, 2.24) is 15.6 Å². The molecule has 0 saturated heterocycles. The first-order valence-electron chi connectivity index (χ1n) is 9.42. The fraction of sp³-hybridized carbons (Fsp3) is 0.429. The van der Waals surface area contributed by atoms with Gasteiger partial charge in [-0.1, -0.05) is 36.4 Å². The molecule has 146 valence electrons. The number of aliphatic imine (C=N–C) groups is 1. The number of hydrogen-bond donors (Lipinski definition) is 3. The second-order valence-corrected chi connectivity index (χ2v) is 6.54. The highest BCUT2D eigenvalue weighted by Gasteiger charge is 2.10. The first-order valence-corrected chi connectivity index (χ1v) is 9.42. The molecule has 1 heterocycles. The molecule has 27 heavy (non-hydrogen) atoms. The van der Waals surface area contributed by atoms with Crippen LogP contribution in [0, 0.1) is 0 Å². The zero-order valence-corrected chi connectivity index (χ0v) is 16.4. The second kappa shape index (κ2) is 11.2. The lowest BCUT2D eigenvalue weighted by molar-refractivity contribution is 0.232. The number of nitrogens with one attached hydrogen (secondary N) is 2. The molecule has 0 aliphatic rings. The summed E-state index contributed by atoms with van der Waals surface area (Å²) in [6, 6.07) is 13.8. The largest absolute Gasteiger partial charge is 0.475 e. The molecule has 0 radical (unpaired) electrons. The summed E-state index contributed by atoms with van der Waals surface area (Å²) in [6.07, 6.45) is 1.89. The van der Waals surface area contributed by atoms with Crippen LogP contribution in [0.4, 0.5) is 0 Å². The molecule has 0 spiro atoms. The van der Waals surface area contributed by atoms with Crippen molar-refractivity contribution in [2.24, 2.45) is 4.99 Å². The zero-order chi connectivity index (χ0) is 19.5. The maximum absolute atomic E-state index is 9.70. The molecule has 6 nitrogen and oxygen atoms in total. The van der Waals surface area contributed by atoms with Gasteiger partial charge in [0.2, 0.25) is 5.88 Å². The number of nitrogens with zero attached hydrogens (tertiary/aromatic N) is 2. The van der Waals surface area contributed by atoms with Gasteiger partial charge in [-0.15, -0.1) is 0 Å². The number of guanidine groups is 1. The van der Waals surface area contributed by atoms with Gasteiger partial charge in [0.15, 0.2) is 5.96 Å². The zero-order valence-electron chi connectivity index (χ0n) is 16.4. The summed E-state index contributed by atoms with van der Waals surface area (Å²) in [5, 5.41) is 16.2. The van der Waals surface area contributed by atoms with Crippen LogP contribution in [-0.2, 0) is 6.54 Å². The molecule has 1 atom stereocenters. The summed E-state index contributed by atoms with van der Waals surface area (Å²) in [4.78, 5) is 8.91. The van der Waals surface area contributed by atoms with E-state index in [0.29, 0.717) is 19.0 Å². The van der Waals surface area contributed by atoms with Crippen molar-refractivity contribution in [1.29, 1.82) is 0 Å². The number of pyridine rings is 1. The van der Waals surface area contributed by atoms with Gasteiger partial charge in [0.25, 0.3) is 0 Å². The molecule has 0 bridgehead atoms. The van der Waals surface area contributed by atoms with Crippen molar-refractivity contribution in [3.8, 4) is 5.88 Å². The Labute approximate surface area is 161 Å². The van der Waals surface area contributed by atoms with Crippen molar-refractivity contribution >= 4 is 5.96 Å². The molecule has 3 N–H and O–H groups in total. The Bertz CT molecular complexity index is 687. The van der Waals surface area contributed by atoms with Gasteiger partial charge in [-0.2, -0.15) is 0 Å². The highest BCUT2D eigenvalue weighted by atomic mass is 16.5. The van der Waals surface area contributed by atoms with Gasteiger partial charge in [0.1, 0.15) is 0 Å². The van der Waals surface area contributed by atoms with E-state index in [4.69, 9.17) is 4.74 Å². The molecule has 2 rings (SSSR count). The van der Waals surface area contributed by atoms with Gasteiger partial charge in [0.05, 0.1) is 19.3 Å². The van der Waals surface area contributed by atoms with E-state index in [1.165, 1.54) is 0 Å². The van der Waals surface area contributed by atoms with Gasteiger partial charge in [-0.05, 0) is 31.9 Å². The van der Waals surface area contributed by atoms with Crippen LogP contribution in [0.3, 0.4) is 0 Å². The van der Waals surface area contributed by atoms with E-state index in [9.17, 15) is 5.11 Å². The third-order valence-corrected chi connectivity index (χ3v) is 3.93. The third-order valence-electron chi connectivity index (χ3n) is 3.93. The number of aliphatic hydroxyl groups is 1. The lowest BCUT2D eigenvalue weighted by Crippen LogP contribution is -2.39. The van der Waals surface area contributed by atoms with Crippen LogP contribution in [0.2, 0.25) is 0 Å². The fourth-order valence-electron chi connectivity index (χ4n) is 2.56. The quantitative estimate of drug-likeness (QED) is 0.467. The van der Waals surface area contributed by atoms with Crippen LogP contribution in [0.1, 0.15) is 37.8 Å². The van der Waals surface area contributed by atoms with Gasteiger partial charge < -0.3 is 20.5 Å². The normalized spacial score (nSPS) is 12.7. The SMILES string of the molecule is CCNC(=NCc1ccc(OC(C)C)nc1)NCC(CO)c1ccccc1. The maximum Gasteiger partial charge on any atom is 0.213 e. The number of aliphatic hydroxyl groups excluding tert-OH is 1. The van der Waals surface area contributed by atoms with Crippen molar-refractivity contribution in [2.45, 2.75) is 39.3 Å². The summed E-state index contributed by atoms with van der Waals surface area (Å²) < 4.78 is 5.56. The average molecular weight is 370 g/mol. The summed E-state index contributed by atoms with van der Waals surface area (Å²) in [6.45, 7) is 7.94. The lowest BCUT2D eigenvalue weighted by atomic mass is 10.0. The summed E-state index contributed by atoms with van der Waals surface area (Å²) in [5.74, 6) is 1.36. The predicted octanol–water partition coefficient (Wildman–Crippen LogP) is 2.70. The number of rotatable bonds is 9.